The number of fused-ring (bicyclic) bond motifs is 1. The minimum atomic E-state index is -0.178. The summed E-state index contributed by atoms with van der Waals surface area (Å²) in [5.41, 5.74) is 3.08. The average molecular weight is 370 g/mol. The van der Waals surface area contributed by atoms with E-state index in [1.54, 1.807) is 25.2 Å². The van der Waals surface area contributed by atoms with Crippen molar-refractivity contribution >= 4 is 23.3 Å². The van der Waals surface area contributed by atoms with Crippen LogP contribution >= 0.6 is 0 Å². The van der Waals surface area contributed by atoms with Crippen LogP contribution in [0.2, 0.25) is 0 Å². The second kappa shape index (κ2) is 6.61. The Morgan fingerprint density at radius 1 is 1.33 bits per heavy atom. The van der Waals surface area contributed by atoms with Crippen LogP contribution in [0.4, 0.5) is 16.2 Å². The van der Waals surface area contributed by atoms with Gasteiger partial charge in [-0.15, -0.1) is 0 Å². The number of hydrogen-bond donors (Lipinski definition) is 1. The lowest BCUT2D eigenvalue weighted by atomic mass is 10.0. The maximum absolute atomic E-state index is 12.9. The molecule has 3 amide bonds. The van der Waals surface area contributed by atoms with Crippen molar-refractivity contribution in [3.63, 3.8) is 0 Å². The lowest BCUT2D eigenvalue weighted by Crippen LogP contribution is -2.36. The maximum Gasteiger partial charge on any atom is 0.322 e. The summed E-state index contributed by atoms with van der Waals surface area (Å²) in [4.78, 5) is 28.1. The van der Waals surface area contributed by atoms with Gasteiger partial charge in [-0.1, -0.05) is 5.16 Å². The molecule has 1 fully saturated rings. The molecule has 1 aromatic carbocycles. The minimum Gasteiger partial charge on any atom is -0.482 e. The van der Waals surface area contributed by atoms with Crippen molar-refractivity contribution < 1.29 is 18.8 Å². The molecule has 0 radical (unpaired) electrons. The van der Waals surface area contributed by atoms with E-state index in [2.05, 4.69) is 10.5 Å². The Kier molecular flexibility index (Phi) is 4.25. The lowest BCUT2D eigenvalue weighted by molar-refractivity contribution is -0.120. The number of benzene rings is 1. The third-order valence-electron chi connectivity index (χ3n) is 5.23. The number of rotatable bonds is 2. The minimum absolute atomic E-state index is 0.0299. The van der Waals surface area contributed by atoms with Crippen molar-refractivity contribution in [2.45, 2.75) is 32.7 Å². The molecule has 0 saturated carbocycles. The summed E-state index contributed by atoms with van der Waals surface area (Å²) in [5.74, 6) is 1.26. The predicted octanol–water partition coefficient (Wildman–Crippen LogP) is 3.02. The molecule has 1 unspecified atom stereocenters. The van der Waals surface area contributed by atoms with Gasteiger partial charge < -0.3 is 24.4 Å². The third kappa shape index (κ3) is 3.01. The Balaban J connectivity index is 1.55. The van der Waals surface area contributed by atoms with Crippen LogP contribution in [0.15, 0.2) is 22.7 Å². The summed E-state index contributed by atoms with van der Waals surface area (Å²) in [6.45, 7) is 4.48. The molecule has 4 rings (SSSR count). The molecule has 8 nitrogen and oxygen atoms in total. The maximum atomic E-state index is 12.9. The first-order valence-corrected chi connectivity index (χ1v) is 8.99. The van der Waals surface area contributed by atoms with E-state index in [9.17, 15) is 9.59 Å². The van der Waals surface area contributed by atoms with Crippen LogP contribution in [0, 0.1) is 13.8 Å². The molecule has 2 aromatic rings. The van der Waals surface area contributed by atoms with E-state index < -0.39 is 0 Å². The average Bonchev–Trinajstić information content (AvgIpc) is 3.25. The number of likely N-dealkylation sites (N-methyl/N-ethyl adjacent to an activating group) is 1. The quantitative estimate of drug-likeness (QED) is 0.878. The number of likely N-dealkylation sites (tertiary alicyclic amines) is 1. The van der Waals surface area contributed by atoms with E-state index in [0.29, 0.717) is 23.7 Å². The zero-order valence-electron chi connectivity index (χ0n) is 15.6. The normalized spacial score (nSPS) is 19.1. The van der Waals surface area contributed by atoms with Gasteiger partial charge in [0.15, 0.2) is 6.61 Å². The number of anilines is 2. The zero-order valence-corrected chi connectivity index (χ0v) is 15.6. The van der Waals surface area contributed by atoms with E-state index >= 15 is 0 Å². The molecule has 142 valence electrons. The van der Waals surface area contributed by atoms with Gasteiger partial charge in [0.2, 0.25) is 0 Å². The Hall–Kier alpha value is -3.03. The number of ether oxygens (including phenoxy) is 1. The topological polar surface area (TPSA) is 87.9 Å². The molecule has 0 aliphatic carbocycles. The van der Waals surface area contributed by atoms with Gasteiger partial charge in [-0.2, -0.15) is 0 Å². The molecule has 3 heterocycles. The number of urea groups is 1. The summed E-state index contributed by atoms with van der Waals surface area (Å²) in [6, 6.07) is 5.08. The highest BCUT2D eigenvalue weighted by Gasteiger charge is 2.34. The number of carbonyl (C=O) groups excluding carboxylic acids is 2. The number of nitrogens with one attached hydrogen (secondary N) is 1. The fourth-order valence-electron chi connectivity index (χ4n) is 3.82. The van der Waals surface area contributed by atoms with Crippen molar-refractivity contribution in [3.8, 4) is 5.75 Å². The second-order valence-electron chi connectivity index (χ2n) is 6.94. The molecule has 1 saturated heterocycles. The molecule has 2 aliphatic heterocycles. The Morgan fingerprint density at radius 3 is 2.89 bits per heavy atom. The van der Waals surface area contributed by atoms with Gasteiger partial charge in [0.25, 0.3) is 5.91 Å². The summed E-state index contributed by atoms with van der Waals surface area (Å²) >= 11 is 0. The van der Waals surface area contributed by atoms with E-state index in [-0.39, 0.29) is 24.6 Å². The number of nitrogens with zero attached hydrogens (tertiary/aromatic N) is 3. The van der Waals surface area contributed by atoms with Crippen LogP contribution < -0.4 is 15.0 Å². The summed E-state index contributed by atoms with van der Waals surface area (Å²) < 4.78 is 10.7. The Labute approximate surface area is 157 Å². The molecular weight excluding hydrogens is 348 g/mol. The fraction of sp³-hybridized carbons (Fsp3) is 0.421. The Bertz CT molecular complexity index is 888. The van der Waals surface area contributed by atoms with Gasteiger partial charge >= 0.3 is 6.03 Å². The standard InChI is InChI=1S/C19H22N4O4/c1-11-18(12(2)27-21-11)14-5-4-8-23(14)19(25)20-13-6-7-16-15(9-13)22(3)17(24)10-26-16/h6-7,9,14H,4-5,8,10H2,1-3H3,(H,20,25). The molecule has 0 bridgehead atoms. The second-order valence-corrected chi connectivity index (χ2v) is 6.94. The molecular formula is C19H22N4O4. The van der Waals surface area contributed by atoms with Crippen molar-refractivity contribution in [2.24, 2.45) is 0 Å². The zero-order chi connectivity index (χ0) is 19.1. The molecule has 1 atom stereocenters. The van der Waals surface area contributed by atoms with Gasteiger partial charge in [0.1, 0.15) is 11.5 Å². The van der Waals surface area contributed by atoms with Crippen LogP contribution in [0.1, 0.15) is 35.9 Å². The van der Waals surface area contributed by atoms with Gasteiger partial charge in [-0.3, -0.25) is 4.79 Å². The van der Waals surface area contributed by atoms with Crippen LogP contribution in [-0.4, -0.2) is 42.2 Å². The van der Waals surface area contributed by atoms with E-state index in [1.807, 2.05) is 18.7 Å². The predicted molar refractivity (Wildman–Crippen MR) is 99.0 cm³/mol. The highest BCUT2D eigenvalue weighted by atomic mass is 16.5. The third-order valence-corrected chi connectivity index (χ3v) is 5.23. The molecule has 1 aromatic heterocycles. The van der Waals surface area contributed by atoms with Crippen LogP contribution in [0.3, 0.4) is 0 Å². The van der Waals surface area contributed by atoms with Crippen LogP contribution in [0.25, 0.3) is 0 Å². The van der Waals surface area contributed by atoms with Crippen molar-refractivity contribution in [1.82, 2.24) is 10.1 Å². The van der Waals surface area contributed by atoms with Gasteiger partial charge in [-0.25, -0.2) is 4.79 Å². The summed E-state index contributed by atoms with van der Waals surface area (Å²) in [5, 5.41) is 6.96. The molecule has 1 N–H and O–H groups in total. The summed E-state index contributed by atoms with van der Waals surface area (Å²) in [7, 11) is 1.70. The first kappa shape index (κ1) is 17.4. The number of amides is 3. The number of aryl methyl sites for hydroxylation is 2. The van der Waals surface area contributed by atoms with Gasteiger partial charge in [0, 0.05) is 24.8 Å². The lowest BCUT2D eigenvalue weighted by Gasteiger charge is -2.27. The van der Waals surface area contributed by atoms with E-state index in [4.69, 9.17) is 9.26 Å². The SMILES string of the molecule is Cc1noc(C)c1C1CCCN1C(=O)Nc1ccc2c(c1)N(C)C(=O)CO2. The number of aromatic nitrogens is 1. The highest BCUT2D eigenvalue weighted by Crippen LogP contribution is 2.37. The molecule has 8 heteroatoms. The molecule has 0 spiro atoms. The van der Waals surface area contributed by atoms with Gasteiger partial charge in [-0.05, 0) is 44.9 Å². The number of hydrogen-bond acceptors (Lipinski definition) is 5. The number of carbonyl (C=O) groups is 2. The highest BCUT2D eigenvalue weighted by molar-refractivity contribution is 5.99. The van der Waals surface area contributed by atoms with Crippen molar-refractivity contribution in [2.75, 3.05) is 30.4 Å². The smallest absolute Gasteiger partial charge is 0.322 e. The summed E-state index contributed by atoms with van der Waals surface area (Å²) in [6.07, 6.45) is 1.81. The van der Waals surface area contributed by atoms with Crippen LogP contribution in [0.5, 0.6) is 5.75 Å². The fourth-order valence-corrected chi connectivity index (χ4v) is 3.82. The van der Waals surface area contributed by atoms with Crippen molar-refractivity contribution in [1.29, 1.82) is 0 Å². The van der Waals surface area contributed by atoms with Gasteiger partial charge in [0.05, 0.1) is 17.4 Å². The largest absolute Gasteiger partial charge is 0.482 e. The Morgan fingerprint density at radius 2 is 2.15 bits per heavy atom. The molecule has 27 heavy (non-hydrogen) atoms. The van der Waals surface area contributed by atoms with E-state index in [1.165, 1.54) is 4.90 Å². The van der Waals surface area contributed by atoms with E-state index in [0.717, 1.165) is 29.9 Å². The van der Waals surface area contributed by atoms with Crippen LogP contribution in [-0.2, 0) is 4.79 Å². The van der Waals surface area contributed by atoms with Crippen molar-refractivity contribution in [3.05, 3.63) is 35.2 Å². The first-order chi connectivity index (χ1) is 13.0. The monoisotopic (exact) mass is 370 g/mol. The first-order valence-electron chi connectivity index (χ1n) is 8.99. The molecule has 2 aliphatic rings.